The van der Waals surface area contributed by atoms with E-state index >= 15 is 0 Å². The van der Waals surface area contributed by atoms with Gasteiger partial charge in [0.05, 0.1) is 11.4 Å². The maximum atomic E-state index is 12.5. The molecule has 9 heteroatoms. The standard InChI is InChI=1S/C20H20F2N4O2S/c1-3-26-18(14-9-5-4-8-13(14)2)24-25-20(26)29-12-17(27)23-15-10-6-7-11-16(15)28-19(21)22/h4-11,19H,3,12H2,1-2H3,(H,23,27). The molecule has 0 fully saturated rings. The van der Waals surface area contributed by atoms with Gasteiger partial charge in [-0.1, -0.05) is 48.2 Å². The second-order valence-electron chi connectivity index (χ2n) is 6.08. The molecule has 1 amide bonds. The summed E-state index contributed by atoms with van der Waals surface area (Å²) < 4.78 is 31.4. The topological polar surface area (TPSA) is 69.0 Å². The Morgan fingerprint density at radius 2 is 1.90 bits per heavy atom. The first-order valence-corrected chi connectivity index (χ1v) is 9.93. The van der Waals surface area contributed by atoms with Gasteiger partial charge in [-0.2, -0.15) is 8.78 Å². The number of amides is 1. The second kappa shape index (κ2) is 9.51. The highest BCUT2D eigenvalue weighted by atomic mass is 32.2. The number of para-hydroxylation sites is 2. The van der Waals surface area contributed by atoms with Crippen molar-refractivity contribution in [1.29, 1.82) is 0 Å². The van der Waals surface area contributed by atoms with E-state index in [1.54, 1.807) is 12.1 Å². The molecule has 0 saturated carbocycles. The number of benzene rings is 2. The van der Waals surface area contributed by atoms with Gasteiger partial charge in [-0.15, -0.1) is 10.2 Å². The quantitative estimate of drug-likeness (QED) is 0.541. The minimum absolute atomic E-state index is 0.0505. The van der Waals surface area contributed by atoms with Crippen LogP contribution in [0.15, 0.2) is 53.7 Å². The molecule has 3 rings (SSSR count). The molecule has 152 valence electrons. The van der Waals surface area contributed by atoms with Gasteiger partial charge in [0, 0.05) is 12.1 Å². The maximum absolute atomic E-state index is 12.5. The van der Waals surface area contributed by atoms with Gasteiger partial charge in [0.25, 0.3) is 0 Å². The average Bonchev–Trinajstić information content (AvgIpc) is 3.10. The maximum Gasteiger partial charge on any atom is 0.387 e. The van der Waals surface area contributed by atoms with E-state index in [1.165, 1.54) is 23.9 Å². The number of rotatable bonds is 8. The Kier molecular flexibility index (Phi) is 6.82. The van der Waals surface area contributed by atoms with Crippen LogP contribution in [0.4, 0.5) is 14.5 Å². The summed E-state index contributed by atoms with van der Waals surface area (Å²) >= 11 is 1.23. The molecule has 6 nitrogen and oxygen atoms in total. The fraction of sp³-hybridized carbons (Fsp3) is 0.250. The molecular weight excluding hydrogens is 398 g/mol. The summed E-state index contributed by atoms with van der Waals surface area (Å²) in [4.78, 5) is 12.3. The second-order valence-corrected chi connectivity index (χ2v) is 7.02. The summed E-state index contributed by atoms with van der Waals surface area (Å²) in [7, 11) is 0. The fourth-order valence-corrected chi connectivity index (χ4v) is 3.59. The zero-order valence-corrected chi connectivity index (χ0v) is 16.7. The van der Waals surface area contributed by atoms with Gasteiger partial charge >= 0.3 is 6.61 Å². The minimum Gasteiger partial charge on any atom is -0.433 e. The zero-order chi connectivity index (χ0) is 20.8. The van der Waals surface area contributed by atoms with Crippen molar-refractivity contribution >= 4 is 23.4 Å². The number of nitrogens with zero attached hydrogens (tertiary/aromatic N) is 3. The van der Waals surface area contributed by atoms with Crippen molar-refractivity contribution in [1.82, 2.24) is 14.8 Å². The van der Waals surface area contributed by atoms with E-state index in [1.807, 2.05) is 42.7 Å². The van der Waals surface area contributed by atoms with E-state index in [4.69, 9.17) is 0 Å². The Balaban J connectivity index is 1.70. The normalized spacial score (nSPS) is 10.9. The Bertz CT molecular complexity index is 994. The Morgan fingerprint density at radius 1 is 1.17 bits per heavy atom. The molecule has 0 radical (unpaired) electrons. The molecule has 1 heterocycles. The van der Waals surface area contributed by atoms with Crippen LogP contribution in [0.2, 0.25) is 0 Å². The summed E-state index contributed by atoms with van der Waals surface area (Å²) in [6, 6.07) is 13.9. The first-order valence-electron chi connectivity index (χ1n) is 8.95. The molecule has 29 heavy (non-hydrogen) atoms. The lowest BCUT2D eigenvalue weighted by Crippen LogP contribution is -2.16. The average molecular weight is 418 g/mol. The van der Waals surface area contributed by atoms with Crippen LogP contribution < -0.4 is 10.1 Å². The lowest BCUT2D eigenvalue weighted by Gasteiger charge is -2.12. The third-order valence-electron chi connectivity index (χ3n) is 4.13. The predicted octanol–water partition coefficient (Wildman–Crippen LogP) is 4.61. The number of anilines is 1. The third-order valence-corrected chi connectivity index (χ3v) is 5.10. The number of aryl methyl sites for hydroxylation is 1. The summed E-state index contributed by atoms with van der Waals surface area (Å²) in [5, 5.41) is 11.7. The van der Waals surface area contributed by atoms with E-state index in [9.17, 15) is 13.6 Å². The number of hydrogen-bond donors (Lipinski definition) is 1. The molecular formula is C20H20F2N4O2S. The van der Waals surface area contributed by atoms with Gasteiger partial charge in [-0.3, -0.25) is 4.79 Å². The number of nitrogens with one attached hydrogen (secondary N) is 1. The van der Waals surface area contributed by atoms with Crippen LogP contribution in [0.3, 0.4) is 0 Å². The largest absolute Gasteiger partial charge is 0.433 e. The smallest absolute Gasteiger partial charge is 0.387 e. The molecule has 0 bridgehead atoms. The fourth-order valence-electron chi connectivity index (χ4n) is 2.79. The van der Waals surface area contributed by atoms with E-state index < -0.39 is 6.61 Å². The molecule has 0 aliphatic rings. The van der Waals surface area contributed by atoms with Crippen LogP contribution in [0.1, 0.15) is 12.5 Å². The van der Waals surface area contributed by atoms with Gasteiger partial charge < -0.3 is 14.6 Å². The molecule has 3 aromatic rings. The number of alkyl halides is 2. The van der Waals surface area contributed by atoms with Crippen LogP contribution in [0, 0.1) is 6.92 Å². The number of carbonyl (C=O) groups is 1. The third kappa shape index (κ3) is 5.11. The Labute approximate surface area is 171 Å². The van der Waals surface area contributed by atoms with Gasteiger partial charge in [0.1, 0.15) is 5.75 Å². The van der Waals surface area contributed by atoms with E-state index in [0.29, 0.717) is 11.7 Å². The molecule has 2 aromatic carbocycles. The van der Waals surface area contributed by atoms with Crippen molar-refractivity contribution in [2.75, 3.05) is 11.1 Å². The van der Waals surface area contributed by atoms with Gasteiger partial charge in [0.15, 0.2) is 11.0 Å². The summed E-state index contributed by atoms with van der Waals surface area (Å²) in [5.74, 6) is 0.349. The van der Waals surface area contributed by atoms with Crippen molar-refractivity contribution in [2.45, 2.75) is 32.2 Å². The highest BCUT2D eigenvalue weighted by Crippen LogP contribution is 2.28. The number of hydrogen-bond acceptors (Lipinski definition) is 5. The minimum atomic E-state index is -2.97. The van der Waals surface area contributed by atoms with Crippen molar-refractivity contribution < 1.29 is 18.3 Å². The number of carbonyl (C=O) groups excluding carboxylic acids is 1. The van der Waals surface area contributed by atoms with E-state index in [0.717, 1.165) is 17.0 Å². The molecule has 0 saturated heterocycles. The predicted molar refractivity (Wildman–Crippen MR) is 108 cm³/mol. The van der Waals surface area contributed by atoms with Gasteiger partial charge in [-0.05, 0) is 31.5 Å². The zero-order valence-electron chi connectivity index (χ0n) is 15.9. The SMILES string of the molecule is CCn1c(SCC(=O)Nc2ccccc2OC(F)F)nnc1-c1ccccc1C. The van der Waals surface area contributed by atoms with Crippen molar-refractivity contribution in [3.05, 3.63) is 54.1 Å². The molecule has 0 atom stereocenters. The van der Waals surface area contributed by atoms with Gasteiger partial charge in [-0.25, -0.2) is 0 Å². The van der Waals surface area contributed by atoms with Crippen molar-refractivity contribution in [3.8, 4) is 17.1 Å². The number of ether oxygens (including phenoxy) is 1. The van der Waals surface area contributed by atoms with E-state index in [-0.39, 0.29) is 23.1 Å². The lowest BCUT2D eigenvalue weighted by atomic mass is 10.1. The first-order chi connectivity index (χ1) is 14.0. The van der Waals surface area contributed by atoms with Crippen molar-refractivity contribution in [2.24, 2.45) is 0 Å². The molecule has 1 aromatic heterocycles. The summed E-state index contributed by atoms with van der Waals surface area (Å²) in [5.41, 5.74) is 2.26. The molecule has 0 spiro atoms. The van der Waals surface area contributed by atoms with Crippen LogP contribution >= 0.6 is 11.8 Å². The molecule has 0 aliphatic carbocycles. The monoisotopic (exact) mass is 418 g/mol. The first kappa shape index (κ1) is 20.8. The van der Waals surface area contributed by atoms with Crippen LogP contribution in [-0.4, -0.2) is 33.0 Å². The Morgan fingerprint density at radius 3 is 2.62 bits per heavy atom. The highest BCUT2D eigenvalue weighted by molar-refractivity contribution is 7.99. The number of aromatic nitrogens is 3. The van der Waals surface area contributed by atoms with E-state index in [2.05, 4.69) is 20.3 Å². The lowest BCUT2D eigenvalue weighted by molar-refractivity contribution is -0.113. The summed E-state index contributed by atoms with van der Waals surface area (Å²) in [6.45, 7) is 1.66. The van der Waals surface area contributed by atoms with Crippen LogP contribution in [0.5, 0.6) is 5.75 Å². The molecule has 0 unspecified atom stereocenters. The summed E-state index contributed by atoms with van der Waals surface area (Å²) in [6.07, 6.45) is 0. The molecule has 0 aliphatic heterocycles. The number of thioether (sulfide) groups is 1. The van der Waals surface area contributed by atoms with Gasteiger partial charge in [0.2, 0.25) is 5.91 Å². The Hall–Kier alpha value is -2.94. The highest BCUT2D eigenvalue weighted by Gasteiger charge is 2.17. The van der Waals surface area contributed by atoms with Crippen LogP contribution in [-0.2, 0) is 11.3 Å². The number of halogens is 2. The molecule has 1 N–H and O–H groups in total. The van der Waals surface area contributed by atoms with Crippen molar-refractivity contribution in [3.63, 3.8) is 0 Å². The van der Waals surface area contributed by atoms with Crippen LogP contribution in [0.25, 0.3) is 11.4 Å².